The summed E-state index contributed by atoms with van der Waals surface area (Å²) in [6.45, 7) is 7.54. The fraction of sp³-hybridized carbons (Fsp3) is 0.579. The Morgan fingerprint density at radius 3 is 2.67 bits per heavy atom. The van der Waals surface area contributed by atoms with Gasteiger partial charge in [0.25, 0.3) is 0 Å². The predicted molar refractivity (Wildman–Crippen MR) is 93.4 cm³/mol. The van der Waals surface area contributed by atoms with Gasteiger partial charge in [0.05, 0.1) is 24.6 Å². The summed E-state index contributed by atoms with van der Waals surface area (Å²) in [6.07, 6.45) is 1.75. The van der Waals surface area contributed by atoms with Crippen molar-refractivity contribution in [1.29, 1.82) is 0 Å². The molecule has 2 rings (SSSR count). The van der Waals surface area contributed by atoms with Gasteiger partial charge in [-0.3, -0.25) is 14.5 Å². The molecule has 5 heteroatoms. The molecule has 1 aromatic rings. The van der Waals surface area contributed by atoms with Gasteiger partial charge in [-0.2, -0.15) is 0 Å². The molecule has 0 radical (unpaired) electrons. The second-order valence-corrected chi connectivity index (χ2v) is 6.40. The van der Waals surface area contributed by atoms with Gasteiger partial charge >= 0.3 is 5.97 Å². The third-order valence-corrected chi connectivity index (χ3v) is 4.66. The molecule has 0 spiro atoms. The minimum atomic E-state index is -0.256. The van der Waals surface area contributed by atoms with Crippen LogP contribution in [-0.2, 0) is 14.3 Å². The molecule has 1 aliphatic heterocycles. The summed E-state index contributed by atoms with van der Waals surface area (Å²) in [5.74, 6) is -0.274. The lowest BCUT2D eigenvalue weighted by Gasteiger charge is -2.35. The molecule has 1 aliphatic rings. The Morgan fingerprint density at radius 1 is 1.29 bits per heavy atom. The third kappa shape index (κ3) is 4.81. The first-order valence-corrected chi connectivity index (χ1v) is 8.79. The van der Waals surface area contributed by atoms with E-state index in [1.807, 2.05) is 51.1 Å². The van der Waals surface area contributed by atoms with E-state index in [0.29, 0.717) is 13.2 Å². The summed E-state index contributed by atoms with van der Waals surface area (Å²) < 4.78 is 5.13. The van der Waals surface area contributed by atoms with Crippen molar-refractivity contribution in [1.82, 2.24) is 10.2 Å². The normalized spacial score (nSPS) is 20.9. The van der Waals surface area contributed by atoms with E-state index in [2.05, 4.69) is 10.2 Å². The highest BCUT2D eigenvalue weighted by molar-refractivity contribution is 5.82. The van der Waals surface area contributed by atoms with E-state index >= 15 is 0 Å². The number of amides is 1. The molecule has 0 aromatic heterocycles. The standard InChI is InChI=1S/C19H28N2O3/c1-4-24-19(23)17-11-8-12-21(13-17)15(3)18(22)20-14(2)16-9-6-5-7-10-16/h5-7,9-10,14-15,17H,4,8,11-13H2,1-3H3,(H,20,22)/t14-,15+,17+/m0/s1. The Kier molecular flexibility index (Phi) is 6.79. The summed E-state index contributed by atoms with van der Waals surface area (Å²) in [5.41, 5.74) is 1.08. The van der Waals surface area contributed by atoms with Crippen LogP contribution in [0.25, 0.3) is 0 Å². The van der Waals surface area contributed by atoms with Crippen molar-refractivity contribution in [2.75, 3.05) is 19.7 Å². The third-order valence-electron chi connectivity index (χ3n) is 4.66. The van der Waals surface area contributed by atoms with Crippen LogP contribution >= 0.6 is 0 Å². The number of hydrogen-bond acceptors (Lipinski definition) is 4. The Morgan fingerprint density at radius 2 is 2.00 bits per heavy atom. The number of carbonyl (C=O) groups is 2. The van der Waals surface area contributed by atoms with Gasteiger partial charge in [0.1, 0.15) is 0 Å². The van der Waals surface area contributed by atoms with E-state index in [0.717, 1.165) is 24.9 Å². The molecular weight excluding hydrogens is 304 g/mol. The monoisotopic (exact) mass is 332 g/mol. The molecular formula is C19H28N2O3. The fourth-order valence-corrected chi connectivity index (χ4v) is 3.14. The number of rotatable bonds is 6. The number of hydrogen-bond donors (Lipinski definition) is 1. The smallest absolute Gasteiger partial charge is 0.310 e. The van der Waals surface area contributed by atoms with Crippen LogP contribution in [0, 0.1) is 5.92 Å². The lowest BCUT2D eigenvalue weighted by atomic mass is 9.96. The zero-order chi connectivity index (χ0) is 17.5. The van der Waals surface area contributed by atoms with E-state index in [1.165, 1.54) is 0 Å². The maximum atomic E-state index is 12.6. The van der Waals surface area contributed by atoms with Gasteiger partial charge in [-0.25, -0.2) is 0 Å². The molecule has 1 amide bonds. The first kappa shape index (κ1) is 18.5. The van der Waals surface area contributed by atoms with Crippen LogP contribution in [0.4, 0.5) is 0 Å². The Hall–Kier alpha value is -1.88. The molecule has 0 saturated carbocycles. The lowest BCUT2D eigenvalue weighted by molar-refractivity contribution is -0.151. The quantitative estimate of drug-likeness (QED) is 0.813. The molecule has 24 heavy (non-hydrogen) atoms. The molecule has 1 saturated heterocycles. The number of carbonyl (C=O) groups excluding carboxylic acids is 2. The summed E-state index contributed by atoms with van der Waals surface area (Å²) in [6, 6.07) is 9.62. The molecule has 1 N–H and O–H groups in total. The van der Waals surface area contributed by atoms with Gasteiger partial charge in [0, 0.05) is 6.54 Å². The minimum Gasteiger partial charge on any atom is -0.466 e. The number of ether oxygens (including phenoxy) is 1. The Bertz CT molecular complexity index is 547. The van der Waals surface area contributed by atoms with Crippen LogP contribution in [0.5, 0.6) is 0 Å². The van der Waals surface area contributed by atoms with Crippen molar-refractivity contribution < 1.29 is 14.3 Å². The second kappa shape index (κ2) is 8.83. The van der Waals surface area contributed by atoms with Gasteiger partial charge in [-0.15, -0.1) is 0 Å². The number of nitrogens with zero attached hydrogens (tertiary/aromatic N) is 1. The highest BCUT2D eigenvalue weighted by atomic mass is 16.5. The summed E-state index contributed by atoms with van der Waals surface area (Å²) in [5, 5.41) is 3.07. The zero-order valence-electron chi connectivity index (χ0n) is 14.8. The van der Waals surface area contributed by atoms with Crippen LogP contribution in [0.15, 0.2) is 30.3 Å². The average molecular weight is 332 g/mol. The molecule has 0 aliphatic carbocycles. The van der Waals surface area contributed by atoms with E-state index in [4.69, 9.17) is 4.74 Å². The summed E-state index contributed by atoms with van der Waals surface area (Å²) >= 11 is 0. The molecule has 1 fully saturated rings. The number of nitrogens with one attached hydrogen (secondary N) is 1. The number of esters is 1. The molecule has 3 atom stereocenters. The highest BCUT2D eigenvalue weighted by Crippen LogP contribution is 2.20. The number of benzene rings is 1. The van der Waals surface area contributed by atoms with Crippen LogP contribution in [0.1, 0.15) is 45.2 Å². The van der Waals surface area contributed by atoms with Crippen LogP contribution < -0.4 is 5.32 Å². The summed E-state index contributed by atoms with van der Waals surface area (Å²) in [4.78, 5) is 26.6. The first-order valence-electron chi connectivity index (χ1n) is 8.79. The van der Waals surface area contributed by atoms with Crippen molar-refractivity contribution in [2.24, 2.45) is 5.92 Å². The molecule has 132 valence electrons. The van der Waals surface area contributed by atoms with E-state index in [9.17, 15) is 9.59 Å². The van der Waals surface area contributed by atoms with Crippen molar-refractivity contribution in [2.45, 2.75) is 45.7 Å². The number of piperidine rings is 1. The highest BCUT2D eigenvalue weighted by Gasteiger charge is 2.31. The summed E-state index contributed by atoms with van der Waals surface area (Å²) in [7, 11) is 0. The van der Waals surface area contributed by atoms with Gasteiger partial charge < -0.3 is 10.1 Å². The lowest BCUT2D eigenvalue weighted by Crippen LogP contribution is -2.50. The zero-order valence-corrected chi connectivity index (χ0v) is 14.8. The molecule has 1 aromatic carbocycles. The van der Waals surface area contributed by atoms with E-state index in [-0.39, 0.29) is 29.9 Å². The first-order chi connectivity index (χ1) is 11.5. The van der Waals surface area contributed by atoms with E-state index < -0.39 is 0 Å². The maximum absolute atomic E-state index is 12.6. The van der Waals surface area contributed by atoms with Crippen LogP contribution in [-0.4, -0.2) is 42.5 Å². The fourth-order valence-electron chi connectivity index (χ4n) is 3.14. The van der Waals surface area contributed by atoms with E-state index in [1.54, 1.807) is 0 Å². The number of likely N-dealkylation sites (tertiary alicyclic amines) is 1. The molecule has 0 bridgehead atoms. The van der Waals surface area contributed by atoms with Crippen molar-refractivity contribution in [3.63, 3.8) is 0 Å². The second-order valence-electron chi connectivity index (χ2n) is 6.40. The topological polar surface area (TPSA) is 58.6 Å². The van der Waals surface area contributed by atoms with Gasteiger partial charge in [-0.05, 0) is 45.7 Å². The molecule has 0 unspecified atom stereocenters. The molecule has 1 heterocycles. The Labute approximate surface area is 144 Å². The van der Waals surface area contributed by atoms with Crippen molar-refractivity contribution in [3.05, 3.63) is 35.9 Å². The minimum absolute atomic E-state index is 0.00383. The molecule has 5 nitrogen and oxygen atoms in total. The Balaban J connectivity index is 1.91. The van der Waals surface area contributed by atoms with Gasteiger partial charge in [0.15, 0.2) is 0 Å². The average Bonchev–Trinajstić information content (AvgIpc) is 2.62. The van der Waals surface area contributed by atoms with Crippen molar-refractivity contribution >= 4 is 11.9 Å². The maximum Gasteiger partial charge on any atom is 0.310 e. The van der Waals surface area contributed by atoms with Gasteiger partial charge in [0.2, 0.25) is 5.91 Å². The van der Waals surface area contributed by atoms with Crippen LogP contribution in [0.3, 0.4) is 0 Å². The van der Waals surface area contributed by atoms with Gasteiger partial charge in [-0.1, -0.05) is 30.3 Å². The van der Waals surface area contributed by atoms with Crippen molar-refractivity contribution in [3.8, 4) is 0 Å². The predicted octanol–water partition coefficient (Wildman–Crippen LogP) is 2.53. The van der Waals surface area contributed by atoms with Crippen LogP contribution in [0.2, 0.25) is 0 Å². The SMILES string of the molecule is CCOC(=O)[C@@H]1CCCN([C@H](C)C(=O)N[C@@H](C)c2ccccc2)C1. The largest absolute Gasteiger partial charge is 0.466 e.